The molecule has 0 spiro atoms. The average molecular weight is 364 g/mol. The largest absolute Gasteiger partial charge is 0.348 e. The first-order chi connectivity index (χ1) is 9.10. The van der Waals surface area contributed by atoms with E-state index in [-0.39, 0.29) is 30.2 Å². The van der Waals surface area contributed by atoms with Crippen LogP contribution in [-0.2, 0) is 0 Å². The summed E-state index contributed by atoms with van der Waals surface area (Å²) in [6.45, 7) is 5.41. The zero-order valence-corrected chi connectivity index (χ0v) is 13.5. The Hall–Kier alpha value is -1.25. The van der Waals surface area contributed by atoms with E-state index in [0.29, 0.717) is 12.3 Å². The number of halogens is 2. The molecule has 0 bridgehead atoms. The minimum absolute atomic E-state index is 0. The Kier molecular flexibility index (Phi) is 6.31. The molecule has 2 rings (SSSR count). The van der Waals surface area contributed by atoms with E-state index in [9.17, 15) is 4.79 Å². The molecule has 20 heavy (non-hydrogen) atoms. The molecular weight excluding hydrogens is 348 g/mol. The van der Waals surface area contributed by atoms with Crippen LogP contribution in [0.4, 0.5) is 0 Å². The van der Waals surface area contributed by atoms with Crippen molar-refractivity contribution in [2.24, 2.45) is 0 Å². The third-order valence-corrected chi connectivity index (χ3v) is 2.90. The highest BCUT2D eigenvalue weighted by Crippen LogP contribution is 2.07. The van der Waals surface area contributed by atoms with Crippen LogP contribution in [0.5, 0.6) is 0 Å². The molecule has 0 aliphatic rings. The second kappa shape index (κ2) is 7.51. The van der Waals surface area contributed by atoms with Gasteiger partial charge in [-0.2, -0.15) is 4.98 Å². The van der Waals surface area contributed by atoms with Crippen LogP contribution in [-0.4, -0.2) is 44.6 Å². The van der Waals surface area contributed by atoms with Crippen molar-refractivity contribution in [3.63, 3.8) is 0 Å². The number of carbonyl (C=O) groups excluding carboxylic acids is 1. The number of nitrogens with zero attached hydrogens (tertiary/aromatic N) is 4. The Balaban J connectivity index is 0.00000200. The number of rotatable bonds is 5. The normalized spacial score (nSPS) is 11.9. The van der Waals surface area contributed by atoms with E-state index in [0.717, 1.165) is 11.0 Å². The second-order valence-electron chi connectivity index (χ2n) is 4.12. The first kappa shape index (κ1) is 16.8. The van der Waals surface area contributed by atoms with E-state index in [1.807, 2.05) is 13.8 Å². The van der Waals surface area contributed by atoms with Gasteiger partial charge in [-0.1, -0.05) is 6.92 Å². The molecule has 1 atom stereocenters. The van der Waals surface area contributed by atoms with Gasteiger partial charge >= 0.3 is 0 Å². The molecule has 7 nitrogen and oxygen atoms in total. The third-order valence-electron chi connectivity index (χ3n) is 2.49. The molecule has 0 saturated carbocycles. The van der Waals surface area contributed by atoms with Gasteiger partial charge in [0.2, 0.25) is 5.82 Å². The number of aromatic nitrogens is 4. The molecule has 2 aromatic heterocycles. The van der Waals surface area contributed by atoms with Crippen molar-refractivity contribution in [2.75, 3.05) is 13.1 Å². The topological polar surface area (TPSA) is 84.2 Å². The van der Waals surface area contributed by atoms with Crippen molar-refractivity contribution in [2.45, 2.75) is 19.9 Å². The SMILES string of the molecule is CCN[C@H](C)CNC(=O)c1nc2ncc(Br)cn2n1.Cl. The Labute approximate surface area is 131 Å². The fourth-order valence-corrected chi connectivity index (χ4v) is 1.90. The molecule has 0 radical (unpaired) electrons. The summed E-state index contributed by atoms with van der Waals surface area (Å²) < 4.78 is 2.24. The number of nitrogens with one attached hydrogen (secondary N) is 2. The van der Waals surface area contributed by atoms with E-state index in [4.69, 9.17) is 0 Å². The third kappa shape index (κ3) is 4.12. The van der Waals surface area contributed by atoms with Gasteiger partial charge in [-0.25, -0.2) is 9.50 Å². The van der Waals surface area contributed by atoms with Crippen LogP contribution < -0.4 is 10.6 Å². The van der Waals surface area contributed by atoms with Crippen LogP contribution in [0.1, 0.15) is 24.5 Å². The quantitative estimate of drug-likeness (QED) is 0.829. The van der Waals surface area contributed by atoms with Gasteiger partial charge in [-0.3, -0.25) is 4.79 Å². The monoisotopic (exact) mass is 362 g/mol. The van der Waals surface area contributed by atoms with Gasteiger partial charge < -0.3 is 10.6 Å². The molecule has 1 amide bonds. The minimum atomic E-state index is -0.300. The first-order valence-electron chi connectivity index (χ1n) is 5.99. The predicted molar refractivity (Wildman–Crippen MR) is 81.2 cm³/mol. The summed E-state index contributed by atoms with van der Waals surface area (Å²) >= 11 is 3.29. The molecule has 0 aliphatic heterocycles. The Morgan fingerprint density at radius 3 is 3.00 bits per heavy atom. The predicted octanol–water partition coefficient (Wildman–Crippen LogP) is 1.04. The molecule has 2 aromatic rings. The fourth-order valence-electron chi connectivity index (χ4n) is 1.60. The molecular formula is C11H16BrClN6O. The lowest BCUT2D eigenvalue weighted by Gasteiger charge is -2.11. The molecule has 2 heterocycles. The van der Waals surface area contributed by atoms with Gasteiger partial charge in [0.25, 0.3) is 11.7 Å². The number of hydrogen-bond donors (Lipinski definition) is 2. The summed E-state index contributed by atoms with van der Waals surface area (Å²) in [5.41, 5.74) is 0. The van der Waals surface area contributed by atoms with Gasteiger partial charge in [-0.15, -0.1) is 17.5 Å². The summed E-state index contributed by atoms with van der Waals surface area (Å²) in [5.74, 6) is 0.216. The Morgan fingerprint density at radius 2 is 2.30 bits per heavy atom. The van der Waals surface area contributed by atoms with Crippen molar-refractivity contribution in [3.05, 3.63) is 22.7 Å². The number of carbonyl (C=O) groups is 1. The summed E-state index contributed by atoms with van der Waals surface area (Å²) in [5, 5.41) is 10.1. The van der Waals surface area contributed by atoms with Crippen LogP contribution in [0.3, 0.4) is 0 Å². The van der Waals surface area contributed by atoms with E-state index in [2.05, 4.69) is 41.6 Å². The summed E-state index contributed by atoms with van der Waals surface area (Å²) in [7, 11) is 0. The van der Waals surface area contributed by atoms with Gasteiger partial charge in [0.05, 0.1) is 4.47 Å². The van der Waals surface area contributed by atoms with Gasteiger partial charge in [0.1, 0.15) is 0 Å². The van der Waals surface area contributed by atoms with Crippen molar-refractivity contribution < 1.29 is 4.79 Å². The summed E-state index contributed by atoms with van der Waals surface area (Å²) in [6, 6.07) is 0.207. The highest BCUT2D eigenvalue weighted by atomic mass is 79.9. The first-order valence-corrected chi connectivity index (χ1v) is 6.79. The molecule has 110 valence electrons. The zero-order valence-electron chi connectivity index (χ0n) is 11.1. The van der Waals surface area contributed by atoms with Crippen molar-refractivity contribution in [3.8, 4) is 0 Å². The Morgan fingerprint density at radius 1 is 1.55 bits per heavy atom. The number of hydrogen-bond acceptors (Lipinski definition) is 5. The highest BCUT2D eigenvalue weighted by Gasteiger charge is 2.14. The lowest BCUT2D eigenvalue weighted by Crippen LogP contribution is -2.39. The minimum Gasteiger partial charge on any atom is -0.348 e. The number of fused-ring (bicyclic) bond motifs is 1. The van der Waals surface area contributed by atoms with E-state index in [1.54, 1.807) is 12.4 Å². The molecule has 0 aromatic carbocycles. The molecule has 0 fully saturated rings. The van der Waals surface area contributed by atoms with Crippen LogP contribution in [0, 0.1) is 0 Å². The average Bonchev–Trinajstić information content (AvgIpc) is 2.79. The molecule has 0 unspecified atom stereocenters. The van der Waals surface area contributed by atoms with Crippen LogP contribution in [0.2, 0.25) is 0 Å². The molecule has 9 heteroatoms. The highest BCUT2D eigenvalue weighted by molar-refractivity contribution is 9.10. The van der Waals surface area contributed by atoms with Crippen LogP contribution >= 0.6 is 28.3 Å². The van der Waals surface area contributed by atoms with E-state index in [1.165, 1.54) is 4.52 Å². The standard InChI is InChI=1S/C11H15BrN6O.ClH/c1-3-13-7(2)4-14-10(19)9-16-11-15-5-8(12)6-18(11)17-9;/h5-7,13H,3-4H2,1-2H3,(H,14,19);1H/t7-;/m1./s1. The maximum Gasteiger partial charge on any atom is 0.291 e. The summed E-state index contributed by atoms with van der Waals surface area (Å²) in [4.78, 5) is 20.0. The van der Waals surface area contributed by atoms with Crippen molar-refractivity contribution in [1.29, 1.82) is 0 Å². The molecule has 0 aliphatic carbocycles. The number of likely N-dealkylation sites (N-methyl/N-ethyl adjacent to an activating group) is 1. The maximum absolute atomic E-state index is 11.9. The zero-order chi connectivity index (χ0) is 13.8. The van der Waals surface area contributed by atoms with Crippen LogP contribution in [0.25, 0.3) is 5.78 Å². The maximum atomic E-state index is 11.9. The van der Waals surface area contributed by atoms with E-state index < -0.39 is 0 Å². The lowest BCUT2D eigenvalue weighted by atomic mass is 10.3. The fraction of sp³-hybridized carbons (Fsp3) is 0.455. The number of amides is 1. The van der Waals surface area contributed by atoms with E-state index >= 15 is 0 Å². The summed E-state index contributed by atoms with van der Waals surface area (Å²) in [6.07, 6.45) is 3.31. The van der Waals surface area contributed by atoms with Gasteiger partial charge in [-0.05, 0) is 29.4 Å². The molecule has 2 N–H and O–H groups in total. The van der Waals surface area contributed by atoms with Gasteiger partial charge in [0, 0.05) is 25.0 Å². The Bertz CT molecular complexity index is 589. The lowest BCUT2D eigenvalue weighted by molar-refractivity contribution is 0.0940. The van der Waals surface area contributed by atoms with Gasteiger partial charge in [0.15, 0.2) is 0 Å². The van der Waals surface area contributed by atoms with Crippen LogP contribution in [0.15, 0.2) is 16.9 Å². The smallest absolute Gasteiger partial charge is 0.291 e. The second-order valence-corrected chi connectivity index (χ2v) is 5.04. The molecule has 0 saturated heterocycles. The van der Waals surface area contributed by atoms with Crippen molar-refractivity contribution >= 4 is 40.0 Å². The van der Waals surface area contributed by atoms with Crippen molar-refractivity contribution in [1.82, 2.24) is 30.2 Å².